The van der Waals surface area contributed by atoms with Crippen molar-refractivity contribution >= 4 is 47.0 Å². The number of para-hydroxylation sites is 1. The number of primary amides is 1. The molecule has 0 unspecified atom stereocenters. The molecule has 0 heterocycles. The van der Waals surface area contributed by atoms with E-state index in [1.807, 2.05) is 6.26 Å². The number of nitrogens with one attached hydrogen (secondary N) is 2. The summed E-state index contributed by atoms with van der Waals surface area (Å²) in [4.78, 5) is 34.6. The smallest absolute Gasteiger partial charge is 0.329 e. The predicted octanol–water partition coefficient (Wildman–Crippen LogP) is 1.61. The van der Waals surface area contributed by atoms with Gasteiger partial charge in [-0.25, -0.2) is 9.59 Å². The first-order valence-electron chi connectivity index (χ1n) is 6.70. The summed E-state index contributed by atoms with van der Waals surface area (Å²) in [6.45, 7) is -0.486. The van der Waals surface area contributed by atoms with E-state index >= 15 is 0 Å². The number of hydrogen-bond acceptors (Lipinski definition) is 5. The molecular formula is C14H18ClN3O4S. The molecule has 0 aliphatic rings. The molecule has 0 aromatic heterocycles. The summed E-state index contributed by atoms with van der Waals surface area (Å²) in [6, 6.07) is 4.98. The van der Waals surface area contributed by atoms with Crippen LogP contribution >= 0.6 is 23.4 Å². The van der Waals surface area contributed by atoms with Crippen LogP contribution in [0.3, 0.4) is 0 Å². The van der Waals surface area contributed by atoms with Crippen LogP contribution in [-0.2, 0) is 14.3 Å². The summed E-state index contributed by atoms with van der Waals surface area (Å²) in [5, 5.41) is 5.19. The highest BCUT2D eigenvalue weighted by atomic mass is 35.5. The van der Waals surface area contributed by atoms with Crippen molar-refractivity contribution in [2.24, 2.45) is 5.73 Å². The number of rotatable bonds is 8. The predicted molar refractivity (Wildman–Crippen MR) is 90.5 cm³/mol. The summed E-state index contributed by atoms with van der Waals surface area (Å²) in [5.74, 6) is -0.618. The molecule has 9 heteroatoms. The van der Waals surface area contributed by atoms with Gasteiger partial charge in [-0.3, -0.25) is 4.79 Å². The summed E-state index contributed by atoms with van der Waals surface area (Å²) >= 11 is 7.42. The van der Waals surface area contributed by atoms with E-state index in [9.17, 15) is 14.4 Å². The number of anilines is 1. The van der Waals surface area contributed by atoms with Crippen LogP contribution in [0.15, 0.2) is 24.3 Å². The Hall–Kier alpha value is -1.93. The van der Waals surface area contributed by atoms with Crippen LogP contribution in [0.5, 0.6) is 0 Å². The Labute approximate surface area is 143 Å². The minimum atomic E-state index is -0.881. The van der Waals surface area contributed by atoms with Gasteiger partial charge in [0.15, 0.2) is 6.61 Å². The Balaban J connectivity index is 2.50. The number of benzene rings is 1. The molecule has 4 N–H and O–H groups in total. The average Bonchev–Trinajstić information content (AvgIpc) is 2.51. The maximum atomic E-state index is 11.9. The second kappa shape index (κ2) is 9.96. The fraction of sp³-hybridized carbons (Fsp3) is 0.357. The Bertz CT molecular complexity index is 571. The third kappa shape index (κ3) is 7.25. The summed E-state index contributed by atoms with van der Waals surface area (Å²) in [7, 11) is 0. The van der Waals surface area contributed by atoms with Crippen LogP contribution in [0, 0.1) is 0 Å². The van der Waals surface area contributed by atoms with E-state index in [1.165, 1.54) is 11.8 Å². The van der Waals surface area contributed by atoms with Gasteiger partial charge in [0.1, 0.15) is 6.04 Å². The molecule has 0 saturated carbocycles. The zero-order valence-corrected chi connectivity index (χ0v) is 14.1. The highest BCUT2D eigenvalue weighted by Gasteiger charge is 2.21. The van der Waals surface area contributed by atoms with Crippen molar-refractivity contribution in [3.63, 3.8) is 0 Å². The van der Waals surface area contributed by atoms with Gasteiger partial charge in [0, 0.05) is 0 Å². The molecule has 0 aliphatic heterocycles. The number of esters is 1. The number of halogens is 1. The molecule has 126 valence electrons. The lowest BCUT2D eigenvalue weighted by molar-refractivity contribution is -0.149. The Kier molecular flexibility index (Phi) is 8.28. The van der Waals surface area contributed by atoms with Gasteiger partial charge in [-0.2, -0.15) is 11.8 Å². The third-order valence-corrected chi connectivity index (χ3v) is 3.68. The molecule has 0 fully saturated rings. The van der Waals surface area contributed by atoms with Gasteiger partial charge in [-0.1, -0.05) is 23.7 Å². The Morgan fingerprint density at radius 2 is 2.04 bits per heavy atom. The van der Waals surface area contributed by atoms with E-state index in [0.717, 1.165) is 0 Å². The lowest BCUT2D eigenvalue weighted by atomic mass is 10.2. The van der Waals surface area contributed by atoms with Gasteiger partial charge >= 0.3 is 12.0 Å². The van der Waals surface area contributed by atoms with Crippen LogP contribution in [0.4, 0.5) is 10.5 Å². The third-order valence-electron chi connectivity index (χ3n) is 2.71. The fourth-order valence-electron chi connectivity index (χ4n) is 1.64. The molecule has 0 spiro atoms. The number of thioether (sulfide) groups is 1. The highest BCUT2D eigenvalue weighted by Crippen LogP contribution is 2.20. The minimum absolute atomic E-state index is 0.356. The normalized spacial score (nSPS) is 11.4. The monoisotopic (exact) mass is 359 g/mol. The Morgan fingerprint density at radius 3 is 2.65 bits per heavy atom. The molecule has 1 atom stereocenters. The maximum Gasteiger partial charge on any atom is 0.329 e. The molecule has 23 heavy (non-hydrogen) atoms. The van der Waals surface area contributed by atoms with Crippen LogP contribution in [0.2, 0.25) is 5.02 Å². The van der Waals surface area contributed by atoms with Crippen LogP contribution in [0.25, 0.3) is 0 Å². The number of carbonyl (C=O) groups excluding carboxylic acids is 3. The van der Waals surface area contributed by atoms with Gasteiger partial charge < -0.3 is 21.1 Å². The van der Waals surface area contributed by atoms with Crippen molar-refractivity contribution in [1.82, 2.24) is 5.32 Å². The van der Waals surface area contributed by atoms with E-state index in [1.54, 1.807) is 24.3 Å². The zero-order valence-electron chi connectivity index (χ0n) is 12.5. The summed E-state index contributed by atoms with van der Waals surface area (Å²) in [6.07, 6.45) is 2.22. The number of hydrogen-bond donors (Lipinski definition) is 3. The van der Waals surface area contributed by atoms with E-state index in [4.69, 9.17) is 22.1 Å². The van der Waals surface area contributed by atoms with Gasteiger partial charge in [-0.15, -0.1) is 0 Å². The van der Waals surface area contributed by atoms with Crippen molar-refractivity contribution in [1.29, 1.82) is 0 Å². The van der Waals surface area contributed by atoms with E-state index in [-0.39, 0.29) is 0 Å². The molecule has 1 aromatic rings. The lowest BCUT2D eigenvalue weighted by Gasteiger charge is -2.16. The topological polar surface area (TPSA) is 111 Å². The van der Waals surface area contributed by atoms with Crippen molar-refractivity contribution in [3.8, 4) is 0 Å². The standard InChI is InChI=1S/C14H18ClN3O4S/c1-23-7-6-11(18-14(16)21)13(20)22-8-12(19)17-10-5-3-2-4-9(10)15/h2-5,11H,6-8H2,1H3,(H,17,19)(H3,16,18,21)/t11-/m0/s1. The molecule has 1 rings (SSSR count). The van der Waals surface area contributed by atoms with Gasteiger partial charge in [0.05, 0.1) is 10.7 Å². The molecule has 7 nitrogen and oxygen atoms in total. The first kappa shape index (κ1) is 19.1. The fourth-order valence-corrected chi connectivity index (χ4v) is 2.30. The van der Waals surface area contributed by atoms with Crippen molar-refractivity contribution in [2.75, 3.05) is 23.9 Å². The van der Waals surface area contributed by atoms with Crippen molar-refractivity contribution in [3.05, 3.63) is 29.3 Å². The van der Waals surface area contributed by atoms with E-state index in [0.29, 0.717) is 22.9 Å². The number of ether oxygens (including phenoxy) is 1. The average molecular weight is 360 g/mol. The van der Waals surface area contributed by atoms with Crippen molar-refractivity contribution < 1.29 is 19.1 Å². The molecule has 1 aromatic carbocycles. The second-order valence-corrected chi connectivity index (χ2v) is 5.87. The molecule has 0 saturated heterocycles. The number of carbonyl (C=O) groups is 3. The molecule has 3 amide bonds. The van der Waals surface area contributed by atoms with E-state index < -0.39 is 30.6 Å². The van der Waals surface area contributed by atoms with Crippen molar-refractivity contribution in [2.45, 2.75) is 12.5 Å². The quantitative estimate of drug-likeness (QED) is 0.611. The van der Waals surface area contributed by atoms with Gasteiger partial charge in [0.2, 0.25) is 0 Å². The van der Waals surface area contributed by atoms with E-state index in [2.05, 4.69) is 10.6 Å². The number of amides is 3. The SMILES string of the molecule is CSCC[C@H](NC(N)=O)C(=O)OCC(=O)Nc1ccccc1Cl. The van der Waals surface area contributed by atoms with Gasteiger partial charge in [-0.05, 0) is 30.6 Å². The highest BCUT2D eigenvalue weighted by molar-refractivity contribution is 7.98. The second-order valence-electron chi connectivity index (χ2n) is 4.48. The summed E-state index contributed by atoms with van der Waals surface area (Å²) in [5.41, 5.74) is 5.44. The molecule has 0 aliphatic carbocycles. The van der Waals surface area contributed by atoms with Crippen LogP contribution in [0.1, 0.15) is 6.42 Å². The Morgan fingerprint density at radius 1 is 1.35 bits per heavy atom. The first-order valence-corrected chi connectivity index (χ1v) is 8.47. The number of nitrogens with two attached hydrogens (primary N) is 1. The largest absolute Gasteiger partial charge is 0.454 e. The van der Waals surface area contributed by atoms with Crippen LogP contribution < -0.4 is 16.4 Å². The zero-order chi connectivity index (χ0) is 17.2. The molecule has 0 bridgehead atoms. The minimum Gasteiger partial charge on any atom is -0.454 e. The number of urea groups is 1. The molecular weight excluding hydrogens is 342 g/mol. The molecule has 0 radical (unpaired) electrons. The summed E-state index contributed by atoms with van der Waals surface area (Å²) < 4.78 is 4.90. The first-order chi connectivity index (χ1) is 10.9. The lowest BCUT2D eigenvalue weighted by Crippen LogP contribution is -2.45. The van der Waals surface area contributed by atoms with Gasteiger partial charge in [0.25, 0.3) is 5.91 Å². The maximum absolute atomic E-state index is 11.9. The van der Waals surface area contributed by atoms with Crippen LogP contribution in [-0.4, -0.2) is 42.6 Å².